The molecular weight excluding hydrogens is 356 g/mol. The molecule has 0 amide bonds. The van der Waals surface area contributed by atoms with Gasteiger partial charge in [-0.3, -0.25) is 4.79 Å². The highest BCUT2D eigenvalue weighted by Crippen LogP contribution is 2.32. The fourth-order valence-corrected chi connectivity index (χ4v) is 3.36. The van der Waals surface area contributed by atoms with Crippen LogP contribution < -0.4 is 0 Å². The predicted octanol–water partition coefficient (Wildman–Crippen LogP) is 3.81. The molecule has 0 aliphatic carbocycles. The lowest BCUT2D eigenvalue weighted by molar-refractivity contribution is -0.292. The topological polar surface area (TPSA) is 65.0 Å². The van der Waals surface area contributed by atoms with Gasteiger partial charge in [0.1, 0.15) is 12.2 Å². The fraction of sp³-hybridized carbons (Fsp3) is 0.435. The largest absolute Gasteiger partial charge is 0.385 e. The third kappa shape index (κ3) is 5.49. The molecule has 0 bridgehead atoms. The van der Waals surface area contributed by atoms with E-state index in [0.717, 1.165) is 5.56 Å². The van der Waals surface area contributed by atoms with Crippen molar-refractivity contribution in [3.63, 3.8) is 0 Å². The minimum atomic E-state index is -1.02. The van der Waals surface area contributed by atoms with E-state index in [0.29, 0.717) is 31.6 Å². The van der Waals surface area contributed by atoms with E-state index in [4.69, 9.17) is 14.2 Å². The summed E-state index contributed by atoms with van der Waals surface area (Å²) in [5.74, 6) is -1.16. The van der Waals surface area contributed by atoms with Gasteiger partial charge in [0, 0.05) is 6.61 Å². The zero-order valence-electron chi connectivity index (χ0n) is 16.4. The maximum atomic E-state index is 12.9. The van der Waals surface area contributed by atoms with E-state index in [-0.39, 0.29) is 5.78 Å². The first-order valence-corrected chi connectivity index (χ1v) is 9.70. The minimum absolute atomic E-state index is 0.223. The van der Waals surface area contributed by atoms with Crippen LogP contribution in [0.4, 0.5) is 0 Å². The Kier molecular flexibility index (Phi) is 6.97. The van der Waals surface area contributed by atoms with Gasteiger partial charge in [-0.1, -0.05) is 60.7 Å². The third-order valence-corrected chi connectivity index (χ3v) is 4.73. The lowest BCUT2D eigenvalue weighted by Crippen LogP contribution is -2.53. The van der Waals surface area contributed by atoms with Crippen molar-refractivity contribution in [2.24, 2.45) is 0 Å². The summed E-state index contributed by atoms with van der Waals surface area (Å²) >= 11 is 0. The SMILES string of the molecule is CC1(C)O[C@H](CCCOCc2ccccc2)C(=O)[C@@H]([C@H](O)c2ccccc2)O1. The van der Waals surface area contributed by atoms with Crippen molar-refractivity contribution >= 4 is 5.78 Å². The van der Waals surface area contributed by atoms with E-state index >= 15 is 0 Å². The van der Waals surface area contributed by atoms with Crippen molar-refractivity contribution in [1.82, 2.24) is 0 Å². The van der Waals surface area contributed by atoms with E-state index in [1.165, 1.54) is 0 Å². The molecule has 5 heteroatoms. The number of ketones is 1. The van der Waals surface area contributed by atoms with Crippen LogP contribution in [-0.2, 0) is 25.6 Å². The Bertz CT molecular complexity index is 744. The Hall–Kier alpha value is -2.05. The number of Topliss-reactive ketones (excluding diaryl/α,β-unsaturated/α-hetero) is 1. The van der Waals surface area contributed by atoms with Gasteiger partial charge in [-0.05, 0) is 37.8 Å². The maximum absolute atomic E-state index is 12.9. The number of aliphatic hydroxyl groups is 1. The van der Waals surface area contributed by atoms with Gasteiger partial charge in [-0.15, -0.1) is 0 Å². The molecule has 0 unspecified atom stereocenters. The van der Waals surface area contributed by atoms with Gasteiger partial charge in [0.2, 0.25) is 0 Å². The van der Waals surface area contributed by atoms with Crippen molar-refractivity contribution in [1.29, 1.82) is 0 Å². The summed E-state index contributed by atoms with van der Waals surface area (Å²) in [6, 6.07) is 19.1. The molecule has 2 aromatic rings. The number of hydrogen-bond acceptors (Lipinski definition) is 5. The van der Waals surface area contributed by atoms with Gasteiger partial charge >= 0.3 is 0 Å². The van der Waals surface area contributed by atoms with Gasteiger partial charge in [-0.25, -0.2) is 0 Å². The van der Waals surface area contributed by atoms with Crippen LogP contribution in [0, 0.1) is 0 Å². The summed E-state index contributed by atoms with van der Waals surface area (Å²) in [5.41, 5.74) is 1.77. The number of rotatable bonds is 8. The molecule has 2 aromatic carbocycles. The molecule has 5 nitrogen and oxygen atoms in total. The third-order valence-electron chi connectivity index (χ3n) is 4.73. The number of aliphatic hydroxyl groups excluding tert-OH is 1. The number of benzene rings is 2. The quantitative estimate of drug-likeness (QED) is 0.701. The Balaban J connectivity index is 1.54. The molecular formula is C23H28O5. The number of ether oxygens (including phenoxy) is 3. The highest BCUT2D eigenvalue weighted by Gasteiger charge is 2.45. The number of carbonyl (C=O) groups excluding carboxylic acids is 1. The molecule has 0 aromatic heterocycles. The zero-order valence-corrected chi connectivity index (χ0v) is 16.4. The van der Waals surface area contributed by atoms with Crippen LogP contribution in [-0.4, -0.2) is 35.5 Å². The second-order valence-electron chi connectivity index (χ2n) is 7.48. The smallest absolute Gasteiger partial charge is 0.193 e. The summed E-state index contributed by atoms with van der Waals surface area (Å²) in [4.78, 5) is 12.9. The summed E-state index contributed by atoms with van der Waals surface area (Å²) in [7, 11) is 0. The Labute approximate surface area is 166 Å². The summed E-state index contributed by atoms with van der Waals surface area (Å²) in [5, 5.41) is 10.7. The first-order valence-electron chi connectivity index (χ1n) is 9.70. The van der Waals surface area contributed by atoms with Crippen molar-refractivity contribution in [2.45, 2.75) is 57.4 Å². The van der Waals surface area contributed by atoms with Crippen LogP contribution in [0.1, 0.15) is 43.9 Å². The summed E-state index contributed by atoms with van der Waals surface area (Å²) in [6.07, 6.45) is -1.37. The van der Waals surface area contributed by atoms with E-state index in [9.17, 15) is 9.90 Å². The molecule has 1 aliphatic rings. The van der Waals surface area contributed by atoms with E-state index in [2.05, 4.69) is 0 Å². The predicted molar refractivity (Wildman–Crippen MR) is 106 cm³/mol. The Morgan fingerprint density at radius 2 is 1.68 bits per heavy atom. The number of hydrogen-bond donors (Lipinski definition) is 1. The van der Waals surface area contributed by atoms with Crippen molar-refractivity contribution in [3.8, 4) is 0 Å². The average molecular weight is 384 g/mol. The van der Waals surface area contributed by atoms with Crippen molar-refractivity contribution < 1.29 is 24.1 Å². The second-order valence-corrected chi connectivity index (χ2v) is 7.48. The van der Waals surface area contributed by atoms with Crippen LogP contribution in [0.2, 0.25) is 0 Å². The molecule has 0 spiro atoms. The molecule has 1 heterocycles. The van der Waals surface area contributed by atoms with Crippen molar-refractivity contribution in [3.05, 3.63) is 71.8 Å². The highest BCUT2D eigenvalue weighted by atomic mass is 16.7. The van der Waals surface area contributed by atoms with Crippen LogP contribution in [0.5, 0.6) is 0 Å². The molecule has 150 valence electrons. The lowest BCUT2D eigenvalue weighted by Gasteiger charge is -2.41. The highest BCUT2D eigenvalue weighted by molar-refractivity contribution is 5.88. The van der Waals surface area contributed by atoms with Crippen molar-refractivity contribution in [2.75, 3.05) is 6.61 Å². The zero-order chi connectivity index (χ0) is 20.0. The van der Waals surface area contributed by atoms with E-state index in [1.807, 2.05) is 48.5 Å². The van der Waals surface area contributed by atoms with Gasteiger partial charge in [0.05, 0.1) is 6.61 Å². The molecule has 0 saturated carbocycles. The van der Waals surface area contributed by atoms with Gasteiger partial charge in [-0.2, -0.15) is 0 Å². The standard InChI is InChI=1S/C23H28O5/c1-23(2)27-19(14-9-15-26-16-17-10-5-3-6-11-17)21(25)22(28-23)20(24)18-12-7-4-8-13-18/h3-8,10-13,19-20,22,24H,9,14-16H2,1-2H3/t19-,20-,22-/m1/s1. The fourth-order valence-electron chi connectivity index (χ4n) is 3.36. The minimum Gasteiger partial charge on any atom is -0.385 e. The second kappa shape index (κ2) is 9.43. The molecule has 3 rings (SSSR count). The maximum Gasteiger partial charge on any atom is 0.193 e. The molecule has 1 aliphatic heterocycles. The Morgan fingerprint density at radius 3 is 2.36 bits per heavy atom. The van der Waals surface area contributed by atoms with Crippen LogP contribution >= 0.6 is 0 Å². The van der Waals surface area contributed by atoms with Crippen LogP contribution in [0.3, 0.4) is 0 Å². The first-order chi connectivity index (χ1) is 13.5. The lowest BCUT2D eigenvalue weighted by atomic mass is 9.95. The Morgan fingerprint density at radius 1 is 1.04 bits per heavy atom. The van der Waals surface area contributed by atoms with Gasteiger partial charge in [0.25, 0.3) is 0 Å². The number of carbonyl (C=O) groups is 1. The molecule has 1 N–H and O–H groups in total. The molecule has 0 radical (unpaired) electrons. The first kappa shape index (κ1) is 20.7. The van der Waals surface area contributed by atoms with Crippen LogP contribution in [0.15, 0.2) is 60.7 Å². The summed E-state index contributed by atoms with van der Waals surface area (Å²) in [6.45, 7) is 4.62. The van der Waals surface area contributed by atoms with Crippen LogP contribution in [0.25, 0.3) is 0 Å². The monoisotopic (exact) mass is 384 g/mol. The molecule has 28 heavy (non-hydrogen) atoms. The summed E-state index contributed by atoms with van der Waals surface area (Å²) < 4.78 is 17.3. The molecule has 1 saturated heterocycles. The molecule has 1 fully saturated rings. The van der Waals surface area contributed by atoms with Gasteiger partial charge in [0.15, 0.2) is 17.7 Å². The van der Waals surface area contributed by atoms with E-state index in [1.54, 1.807) is 26.0 Å². The van der Waals surface area contributed by atoms with E-state index < -0.39 is 24.1 Å². The molecule has 3 atom stereocenters. The van der Waals surface area contributed by atoms with Gasteiger partial charge < -0.3 is 19.3 Å². The average Bonchev–Trinajstić information content (AvgIpc) is 2.70. The normalized spacial score (nSPS) is 22.8.